The molecule has 24 heavy (non-hydrogen) atoms. The molecule has 0 saturated heterocycles. The zero-order valence-corrected chi connectivity index (χ0v) is 13.5. The number of benzene rings is 1. The lowest BCUT2D eigenvalue weighted by Gasteiger charge is -2.06. The van der Waals surface area contributed by atoms with Crippen LogP contribution in [0.3, 0.4) is 0 Å². The molecule has 0 unspecified atom stereocenters. The summed E-state index contributed by atoms with van der Waals surface area (Å²) in [4.78, 5) is 32.7. The average Bonchev–Trinajstić information content (AvgIpc) is 2.55. The second kappa shape index (κ2) is 10.3. The van der Waals surface area contributed by atoms with Crippen LogP contribution in [0.15, 0.2) is 18.2 Å². The predicted molar refractivity (Wildman–Crippen MR) is 82.6 cm³/mol. The maximum atomic E-state index is 13.2. The van der Waals surface area contributed by atoms with Gasteiger partial charge >= 0.3 is 17.6 Å². The second-order valence-corrected chi connectivity index (χ2v) is 5.13. The van der Waals surface area contributed by atoms with Gasteiger partial charge in [0.1, 0.15) is 6.61 Å². The highest BCUT2D eigenvalue weighted by atomic mass is 19.1. The standard InChI is InChI=1S/C16H20FNO6/c1-2-3-4-9-23-15(19)7-8-16(20)24-11-12-5-6-13(17)14(10-12)18(21)22/h5-6,10H,2-4,7-9,11H2,1H3. The van der Waals surface area contributed by atoms with Crippen LogP contribution in [0.2, 0.25) is 0 Å². The van der Waals surface area contributed by atoms with Crippen molar-refractivity contribution in [2.24, 2.45) is 0 Å². The number of hydrogen-bond acceptors (Lipinski definition) is 6. The molecule has 0 atom stereocenters. The van der Waals surface area contributed by atoms with Gasteiger partial charge < -0.3 is 9.47 Å². The van der Waals surface area contributed by atoms with Crippen LogP contribution in [-0.2, 0) is 25.7 Å². The van der Waals surface area contributed by atoms with E-state index in [9.17, 15) is 24.1 Å². The van der Waals surface area contributed by atoms with E-state index in [4.69, 9.17) is 9.47 Å². The van der Waals surface area contributed by atoms with Gasteiger partial charge in [0.15, 0.2) is 0 Å². The van der Waals surface area contributed by atoms with E-state index in [-0.39, 0.29) is 19.4 Å². The van der Waals surface area contributed by atoms with Crippen molar-refractivity contribution in [2.75, 3.05) is 6.61 Å². The van der Waals surface area contributed by atoms with E-state index in [2.05, 4.69) is 0 Å². The fourth-order valence-electron chi connectivity index (χ4n) is 1.84. The lowest BCUT2D eigenvalue weighted by molar-refractivity contribution is -0.387. The zero-order valence-electron chi connectivity index (χ0n) is 13.5. The molecular formula is C16H20FNO6. The van der Waals surface area contributed by atoms with E-state index in [1.165, 1.54) is 6.07 Å². The number of carbonyl (C=O) groups is 2. The quantitative estimate of drug-likeness (QED) is 0.280. The number of nitrogens with zero attached hydrogens (tertiary/aromatic N) is 1. The van der Waals surface area contributed by atoms with Crippen molar-refractivity contribution in [2.45, 2.75) is 45.6 Å². The Morgan fingerprint density at radius 1 is 1.17 bits per heavy atom. The third-order valence-corrected chi connectivity index (χ3v) is 3.15. The first kappa shape index (κ1) is 19.5. The molecule has 1 rings (SSSR count). The number of unbranched alkanes of at least 4 members (excludes halogenated alkanes) is 2. The normalized spacial score (nSPS) is 10.2. The van der Waals surface area contributed by atoms with Crippen LogP contribution in [0.25, 0.3) is 0 Å². The predicted octanol–water partition coefficient (Wildman–Crippen LogP) is 3.29. The van der Waals surface area contributed by atoms with Crippen LogP contribution in [-0.4, -0.2) is 23.5 Å². The van der Waals surface area contributed by atoms with Gasteiger partial charge in [0.05, 0.1) is 24.4 Å². The number of nitro groups is 1. The third kappa shape index (κ3) is 7.17. The number of rotatable bonds is 10. The van der Waals surface area contributed by atoms with Gasteiger partial charge in [-0.05, 0) is 18.1 Å². The van der Waals surface area contributed by atoms with E-state index in [1.54, 1.807) is 0 Å². The SMILES string of the molecule is CCCCCOC(=O)CCC(=O)OCc1ccc(F)c([N+](=O)[O-])c1. The van der Waals surface area contributed by atoms with E-state index in [0.29, 0.717) is 12.2 Å². The highest BCUT2D eigenvalue weighted by Crippen LogP contribution is 2.19. The van der Waals surface area contributed by atoms with E-state index in [1.807, 2.05) is 6.92 Å². The Bertz CT molecular complexity index is 590. The Kier molecular flexibility index (Phi) is 8.38. The summed E-state index contributed by atoms with van der Waals surface area (Å²) in [5, 5.41) is 10.6. The minimum atomic E-state index is -0.958. The summed E-state index contributed by atoms with van der Waals surface area (Å²) in [7, 11) is 0. The molecule has 132 valence electrons. The summed E-state index contributed by atoms with van der Waals surface area (Å²) in [6, 6.07) is 3.23. The molecule has 0 saturated carbocycles. The highest BCUT2D eigenvalue weighted by Gasteiger charge is 2.15. The van der Waals surface area contributed by atoms with Gasteiger partial charge in [-0.2, -0.15) is 4.39 Å². The monoisotopic (exact) mass is 341 g/mol. The van der Waals surface area contributed by atoms with E-state index >= 15 is 0 Å². The maximum Gasteiger partial charge on any atom is 0.306 e. The fraction of sp³-hybridized carbons (Fsp3) is 0.500. The number of halogens is 1. The first-order chi connectivity index (χ1) is 11.4. The summed E-state index contributed by atoms with van der Waals surface area (Å²) in [6.45, 7) is 2.14. The van der Waals surface area contributed by atoms with Crippen molar-refractivity contribution in [3.05, 3.63) is 39.7 Å². The molecule has 0 radical (unpaired) electrons. The van der Waals surface area contributed by atoms with Gasteiger partial charge in [0, 0.05) is 6.07 Å². The maximum absolute atomic E-state index is 13.2. The van der Waals surface area contributed by atoms with Gasteiger partial charge in [-0.1, -0.05) is 25.8 Å². The summed E-state index contributed by atoms with van der Waals surface area (Å²) in [5.41, 5.74) is -0.391. The average molecular weight is 341 g/mol. The van der Waals surface area contributed by atoms with Gasteiger partial charge in [-0.25, -0.2) is 0 Å². The van der Waals surface area contributed by atoms with Crippen LogP contribution in [0, 0.1) is 15.9 Å². The van der Waals surface area contributed by atoms with E-state index in [0.717, 1.165) is 31.4 Å². The molecule has 0 N–H and O–H groups in total. The molecule has 0 amide bonds. The Morgan fingerprint density at radius 2 is 1.83 bits per heavy atom. The van der Waals surface area contributed by atoms with Crippen molar-refractivity contribution in [1.29, 1.82) is 0 Å². The van der Waals surface area contributed by atoms with Crippen LogP contribution in [0.4, 0.5) is 10.1 Å². The largest absolute Gasteiger partial charge is 0.466 e. The van der Waals surface area contributed by atoms with Crippen LogP contribution < -0.4 is 0 Å². The van der Waals surface area contributed by atoms with Crippen LogP contribution >= 0.6 is 0 Å². The summed E-state index contributed by atoms with van der Waals surface area (Å²) >= 11 is 0. The molecule has 8 heteroatoms. The molecular weight excluding hydrogens is 321 g/mol. The molecule has 0 aliphatic carbocycles. The Morgan fingerprint density at radius 3 is 2.46 bits per heavy atom. The Hall–Kier alpha value is -2.51. The highest BCUT2D eigenvalue weighted by molar-refractivity contribution is 5.77. The van der Waals surface area contributed by atoms with Gasteiger partial charge in [0.25, 0.3) is 0 Å². The zero-order chi connectivity index (χ0) is 17.9. The van der Waals surface area contributed by atoms with Crippen molar-refractivity contribution in [1.82, 2.24) is 0 Å². The van der Waals surface area contributed by atoms with Crippen molar-refractivity contribution in [3.8, 4) is 0 Å². The lowest BCUT2D eigenvalue weighted by atomic mass is 10.2. The van der Waals surface area contributed by atoms with Crippen molar-refractivity contribution in [3.63, 3.8) is 0 Å². The molecule has 0 aliphatic heterocycles. The van der Waals surface area contributed by atoms with Gasteiger partial charge in [-0.3, -0.25) is 19.7 Å². The Labute approximate surface area is 138 Å². The summed E-state index contributed by atoms with van der Waals surface area (Å²) in [5.74, 6) is -2.06. The summed E-state index contributed by atoms with van der Waals surface area (Å²) < 4.78 is 23.0. The molecule has 0 aliphatic rings. The molecule has 0 bridgehead atoms. The van der Waals surface area contributed by atoms with Crippen molar-refractivity contribution >= 4 is 17.6 Å². The molecule has 0 fully saturated rings. The number of carbonyl (C=O) groups excluding carboxylic acids is 2. The minimum Gasteiger partial charge on any atom is -0.466 e. The van der Waals surface area contributed by atoms with Crippen LogP contribution in [0.5, 0.6) is 0 Å². The molecule has 1 aromatic rings. The molecule has 7 nitrogen and oxygen atoms in total. The number of nitro benzene ring substituents is 1. The Balaban J connectivity index is 2.32. The van der Waals surface area contributed by atoms with Crippen molar-refractivity contribution < 1.29 is 28.4 Å². The number of hydrogen-bond donors (Lipinski definition) is 0. The van der Waals surface area contributed by atoms with Gasteiger partial charge in [-0.15, -0.1) is 0 Å². The second-order valence-electron chi connectivity index (χ2n) is 5.13. The number of esters is 2. The molecule has 0 aromatic heterocycles. The first-order valence-electron chi connectivity index (χ1n) is 7.68. The smallest absolute Gasteiger partial charge is 0.306 e. The first-order valence-corrected chi connectivity index (χ1v) is 7.68. The minimum absolute atomic E-state index is 0.0888. The lowest BCUT2D eigenvalue weighted by Crippen LogP contribution is -2.11. The third-order valence-electron chi connectivity index (χ3n) is 3.15. The fourth-order valence-corrected chi connectivity index (χ4v) is 1.84. The molecule has 0 heterocycles. The molecule has 1 aromatic carbocycles. The van der Waals surface area contributed by atoms with Crippen LogP contribution in [0.1, 0.15) is 44.6 Å². The van der Waals surface area contributed by atoms with E-state index < -0.39 is 28.4 Å². The summed E-state index contributed by atoms with van der Waals surface area (Å²) in [6.07, 6.45) is 2.55. The number of ether oxygens (including phenoxy) is 2. The molecule has 0 spiro atoms. The topological polar surface area (TPSA) is 95.7 Å². The van der Waals surface area contributed by atoms with Gasteiger partial charge in [0.2, 0.25) is 5.82 Å².